The first kappa shape index (κ1) is 12.1. The molecule has 94 valence electrons. The van der Waals surface area contributed by atoms with Crippen LogP contribution in [0.4, 0.5) is 5.88 Å². The van der Waals surface area contributed by atoms with E-state index in [1.807, 2.05) is 0 Å². The molecule has 0 aliphatic heterocycles. The topological polar surface area (TPSA) is 68.3 Å². The van der Waals surface area contributed by atoms with Gasteiger partial charge in [-0.15, -0.1) is 0 Å². The van der Waals surface area contributed by atoms with E-state index in [9.17, 15) is 10.1 Å². The van der Waals surface area contributed by atoms with E-state index in [2.05, 4.69) is 19.2 Å². The van der Waals surface area contributed by atoms with Crippen molar-refractivity contribution in [2.24, 2.45) is 5.41 Å². The molecule has 1 N–H and O–H groups in total. The van der Waals surface area contributed by atoms with Crippen molar-refractivity contribution in [3.63, 3.8) is 0 Å². The number of hydrogen-bond donors (Lipinski definition) is 1. The van der Waals surface area contributed by atoms with Gasteiger partial charge in [0.15, 0.2) is 0 Å². The molecule has 0 saturated heterocycles. The van der Waals surface area contributed by atoms with Gasteiger partial charge < -0.3 is 9.73 Å². The van der Waals surface area contributed by atoms with Crippen LogP contribution in [0, 0.1) is 15.5 Å². The average Bonchev–Trinajstić information content (AvgIpc) is 2.81. The molecule has 1 aromatic rings. The summed E-state index contributed by atoms with van der Waals surface area (Å²) in [7, 11) is 0. The largest absolute Gasteiger partial charge is 0.433 e. The summed E-state index contributed by atoms with van der Waals surface area (Å²) in [6.07, 6.45) is 3.63. The van der Waals surface area contributed by atoms with E-state index >= 15 is 0 Å². The minimum absolute atomic E-state index is 0.188. The standard InChI is InChI=1S/C12H18N2O3/c1-12(2)7-3-4-10(12)13-8-9-5-6-11(17-9)14(15)16/h5-6,10,13H,3-4,7-8H2,1-2H3. The van der Waals surface area contributed by atoms with Crippen LogP contribution < -0.4 is 5.32 Å². The minimum Gasteiger partial charge on any atom is -0.404 e. The molecule has 5 heteroatoms. The first-order valence-corrected chi connectivity index (χ1v) is 5.95. The summed E-state index contributed by atoms with van der Waals surface area (Å²) < 4.78 is 5.11. The van der Waals surface area contributed by atoms with Crippen LogP contribution in [0.3, 0.4) is 0 Å². The lowest BCUT2D eigenvalue weighted by Gasteiger charge is -2.27. The van der Waals surface area contributed by atoms with Crippen LogP contribution >= 0.6 is 0 Å². The normalized spacial score (nSPS) is 22.8. The number of hydrogen-bond acceptors (Lipinski definition) is 4. The zero-order valence-electron chi connectivity index (χ0n) is 10.2. The highest BCUT2D eigenvalue weighted by Gasteiger charge is 2.34. The molecule has 1 aliphatic carbocycles. The zero-order chi connectivity index (χ0) is 12.5. The third kappa shape index (κ3) is 2.66. The minimum atomic E-state index is -0.511. The van der Waals surface area contributed by atoms with Crippen molar-refractivity contribution in [1.29, 1.82) is 0 Å². The van der Waals surface area contributed by atoms with Crippen molar-refractivity contribution in [2.45, 2.75) is 45.7 Å². The Morgan fingerprint density at radius 2 is 2.35 bits per heavy atom. The summed E-state index contributed by atoms with van der Waals surface area (Å²) in [5.41, 5.74) is 0.304. The maximum atomic E-state index is 10.5. The van der Waals surface area contributed by atoms with Crippen LogP contribution in [0.1, 0.15) is 38.9 Å². The highest BCUT2D eigenvalue weighted by atomic mass is 16.6. The molecule has 1 unspecified atom stereocenters. The van der Waals surface area contributed by atoms with Crippen molar-refractivity contribution in [1.82, 2.24) is 5.32 Å². The zero-order valence-corrected chi connectivity index (χ0v) is 10.2. The van der Waals surface area contributed by atoms with Gasteiger partial charge in [0.25, 0.3) is 0 Å². The molecule has 17 heavy (non-hydrogen) atoms. The second kappa shape index (κ2) is 4.49. The van der Waals surface area contributed by atoms with Crippen molar-refractivity contribution < 1.29 is 9.34 Å². The lowest BCUT2D eigenvalue weighted by Crippen LogP contribution is -2.37. The van der Waals surface area contributed by atoms with Crippen molar-refractivity contribution in [3.05, 3.63) is 28.0 Å². The molecular weight excluding hydrogens is 220 g/mol. The summed E-state index contributed by atoms with van der Waals surface area (Å²) in [5, 5.41) is 13.9. The Bertz CT molecular complexity index is 412. The van der Waals surface area contributed by atoms with Gasteiger partial charge in [-0.05, 0) is 24.3 Å². The maximum absolute atomic E-state index is 10.5. The third-order valence-corrected chi connectivity index (χ3v) is 3.61. The third-order valence-electron chi connectivity index (χ3n) is 3.61. The monoisotopic (exact) mass is 238 g/mol. The molecule has 1 heterocycles. The number of rotatable bonds is 4. The van der Waals surface area contributed by atoms with Gasteiger partial charge in [-0.25, -0.2) is 0 Å². The van der Waals surface area contributed by atoms with Gasteiger partial charge in [-0.3, -0.25) is 10.1 Å². The number of nitro groups is 1. The molecule has 1 fully saturated rings. The van der Waals surface area contributed by atoms with Gasteiger partial charge >= 0.3 is 5.88 Å². The van der Waals surface area contributed by atoms with Crippen LogP contribution in [0.2, 0.25) is 0 Å². The highest BCUT2D eigenvalue weighted by Crippen LogP contribution is 2.37. The Morgan fingerprint density at radius 3 is 2.88 bits per heavy atom. The summed E-state index contributed by atoms with van der Waals surface area (Å²) in [5.74, 6) is 0.437. The van der Waals surface area contributed by atoms with Crippen molar-refractivity contribution in [3.8, 4) is 0 Å². The fourth-order valence-electron chi connectivity index (χ4n) is 2.49. The Labute approximate surface area is 100 Å². The van der Waals surface area contributed by atoms with E-state index in [0.29, 0.717) is 23.8 Å². The molecule has 0 spiro atoms. The Kier molecular flexibility index (Phi) is 3.19. The van der Waals surface area contributed by atoms with Gasteiger partial charge in [0.1, 0.15) is 10.7 Å². The van der Waals surface area contributed by atoms with E-state index in [4.69, 9.17) is 4.42 Å². The number of nitrogens with one attached hydrogen (secondary N) is 1. The summed E-state index contributed by atoms with van der Waals surface area (Å²) in [6.45, 7) is 5.06. The quantitative estimate of drug-likeness (QED) is 0.647. The van der Waals surface area contributed by atoms with Gasteiger partial charge in [-0.1, -0.05) is 20.3 Å². The maximum Gasteiger partial charge on any atom is 0.433 e. The van der Waals surface area contributed by atoms with E-state index in [1.165, 1.54) is 18.9 Å². The SMILES string of the molecule is CC1(C)CCCC1NCc1ccc([N+](=O)[O-])o1. The van der Waals surface area contributed by atoms with Crippen molar-refractivity contribution >= 4 is 5.88 Å². The Hall–Kier alpha value is -1.36. The summed E-state index contributed by atoms with van der Waals surface area (Å²) in [4.78, 5) is 9.96. The van der Waals surface area contributed by atoms with Gasteiger partial charge in [0, 0.05) is 6.04 Å². The Morgan fingerprint density at radius 1 is 1.59 bits per heavy atom. The average molecular weight is 238 g/mol. The van der Waals surface area contributed by atoms with Crippen LogP contribution in [-0.4, -0.2) is 11.0 Å². The first-order valence-electron chi connectivity index (χ1n) is 5.95. The molecule has 1 aliphatic rings. The van der Waals surface area contributed by atoms with Crippen LogP contribution in [0.5, 0.6) is 0 Å². The van der Waals surface area contributed by atoms with E-state index in [-0.39, 0.29) is 5.88 Å². The molecule has 1 aromatic heterocycles. The van der Waals surface area contributed by atoms with Crippen LogP contribution in [0.15, 0.2) is 16.5 Å². The molecule has 5 nitrogen and oxygen atoms in total. The summed E-state index contributed by atoms with van der Waals surface area (Å²) >= 11 is 0. The highest BCUT2D eigenvalue weighted by molar-refractivity contribution is 5.17. The fourth-order valence-corrected chi connectivity index (χ4v) is 2.49. The second-order valence-corrected chi connectivity index (χ2v) is 5.31. The van der Waals surface area contributed by atoms with Gasteiger partial charge in [0.05, 0.1) is 12.6 Å². The number of nitrogens with zero attached hydrogens (tertiary/aromatic N) is 1. The van der Waals surface area contributed by atoms with Crippen LogP contribution in [0.25, 0.3) is 0 Å². The molecule has 1 saturated carbocycles. The smallest absolute Gasteiger partial charge is 0.404 e. The fraction of sp³-hybridized carbons (Fsp3) is 0.667. The first-order chi connectivity index (χ1) is 7.99. The van der Waals surface area contributed by atoms with E-state index in [0.717, 1.165) is 6.42 Å². The lowest BCUT2D eigenvalue weighted by atomic mass is 9.87. The molecule has 0 amide bonds. The predicted molar refractivity (Wildman–Crippen MR) is 63.6 cm³/mol. The Balaban J connectivity index is 1.91. The molecule has 0 aromatic carbocycles. The predicted octanol–water partition coefficient (Wildman–Crippen LogP) is 2.86. The van der Waals surface area contributed by atoms with E-state index < -0.39 is 4.92 Å². The molecule has 2 rings (SSSR count). The second-order valence-electron chi connectivity index (χ2n) is 5.31. The molecule has 0 bridgehead atoms. The molecule has 0 radical (unpaired) electrons. The number of furan rings is 1. The molecule has 1 atom stereocenters. The van der Waals surface area contributed by atoms with E-state index in [1.54, 1.807) is 6.07 Å². The lowest BCUT2D eigenvalue weighted by molar-refractivity contribution is -0.402. The summed E-state index contributed by atoms with van der Waals surface area (Å²) in [6, 6.07) is 3.52. The molecular formula is C12H18N2O3. The van der Waals surface area contributed by atoms with Crippen LogP contribution in [-0.2, 0) is 6.54 Å². The van der Waals surface area contributed by atoms with Gasteiger partial charge in [0.2, 0.25) is 0 Å². The van der Waals surface area contributed by atoms with Crippen molar-refractivity contribution in [2.75, 3.05) is 0 Å². The van der Waals surface area contributed by atoms with Gasteiger partial charge in [-0.2, -0.15) is 0 Å².